The molecule has 0 spiro atoms. The lowest BCUT2D eigenvalue weighted by Gasteiger charge is -2.13. The summed E-state index contributed by atoms with van der Waals surface area (Å²) < 4.78 is 38.9. The van der Waals surface area contributed by atoms with Crippen molar-refractivity contribution in [3.63, 3.8) is 0 Å². The molecule has 2 aromatic rings. The van der Waals surface area contributed by atoms with Gasteiger partial charge in [-0.1, -0.05) is 0 Å². The summed E-state index contributed by atoms with van der Waals surface area (Å²) in [6, 6.07) is 6.18. The summed E-state index contributed by atoms with van der Waals surface area (Å²) in [5, 5.41) is 11.5. The topological polar surface area (TPSA) is 62.2 Å². The van der Waals surface area contributed by atoms with E-state index in [4.69, 9.17) is 5.11 Å². The molecular weight excluding hydrogens is 353 g/mol. The van der Waals surface area contributed by atoms with Gasteiger partial charge in [-0.15, -0.1) is 0 Å². The normalized spacial score (nSPS) is 11.2. The van der Waals surface area contributed by atoms with Gasteiger partial charge in [0.2, 0.25) is 0 Å². The van der Waals surface area contributed by atoms with Crippen molar-refractivity contribution in [1.82, 2.24) is 4.98 Å². The lowest BCUT2D eigenvalue weighted by molar-refractivity contribution is -0.137. The number of halogens is 4. The highest BCUT2D eigenvalue weighted by molar-refractivity contribution is 9.10. The van der Waals surface area contributed by atoms with E-state index in [-0.39, 0.29) is 17.1 Å². The molecule has 4 nitrogen and oxygen atoms in total. The Kier molecular flexibility index (Phi) is 4.17. The molecule has 1 aromatic carbocycles. The van der Waals surface area contributed by atoms with E-state index in [0.717, 1.165) is 6.07 Å². The second-order valence-corrected chi connectivity index (χ2v) is 4.88. The maximum absolute atomic E-state index is 12.8. The summed E-state index contributed by atoms with van der Waals surface area (Å²) >= 11 is 3.06. The minimum Gasteiger partial charge on any atom is -0.478 e. The summed E-state index contributed by atoms with van der Waals surface area (Å²) in [4.78, 5) is 14.6. The number of pyridine rings is 1. The molecular formula is C13H8BrF3N2O2. The van der Waals surface area contributed by atoms with Gasteiger partial charge in [-0.25, -0.2) is 9.78 Å². The number of anilines is 2. The zero-order valence-electron chi connectivity index (χ0n) is 10.3. The van der Waals surface area contributed by atoms with Crippen LogP contribution in [0.4, 0.5) is 24.7 Å². The van der Waals surface area contributed by atoms with Crippen molar-refractivity contribution >= 4 is 33.4 Å². The minimum atomic E-state index is -4.55. The van der Waals surface area contributed by atoms with Gasteiger partial charge in [0.25, 0.3) is 0 Å². The molecule has 8 heteroatoms. The van der Waals surface area contributed by atoms with Gasteiger partial charge in [0.15, 0.2) is 0 Å². The molecule has 0 atom stereocenters. The van der Waals surface area contributed by atoms with E-state index in [9.17, 15) is 18.0 Å². The third-order valence-corrected chi connectivity index (χ3v) is 3.26. The first-order chi connectivity index (χ1) is 9.79. The van der Waals surface area contributed by atoms with E-state index in [1.165, 1.54) is 30.5 Å². The number of rotatable bonds is 3. The summed E-state index contributed by atoms with van der Waals surface area (Å²) in [7, 11) is 0. The number of carbonyl (C=O) groups is 1. The highest BCUT2D eigenvalue weighted by atomic mass is 79.9. The molecule has 0 fully saturated rings. The van der Waals surface area contributed by atoms with Crippen LogP contribution in [0.5, 0.6) is 0 Å². The molecule has 2 N–H and O–H groups in total. The Balaban J connectivity index is 2.40. The smallest absolute Gasteiger partial charge is 0.419 e. The predicted molar refractivity (Wildman–Crippen MR) is 73.6 cm³/mol. The zero-order chi connectivity index (χ0) is 15.6. The zero-order valence-corrected chi connectivity index (χ0v) is 11.9. The van der Waals surface area contributed by atoms with Crippen molar-refractivity contribution < 1.29 is 23.1 Å². The van der Waals surface area contributed by atoms with Crippen LogP contribution >= 0.6 is 15.9 Å². The van der Waals surface area contributed by atoms with Crippen molar-refractivity contribution in [2.24, 2.45) is 0 Å². The number of carboxylic acids is 1. The fourth-order valence-electron chi connectivity index (χ4n) is 1.64. The molecule has 0 bridgehead atoms. The first kappa shape index (κ1) is 15.3. The van der Waals surface area contributed by atoms with Crippen LogP contribution in [0.15, 0.2) is 41.0 Å². The third-order valence-electron chi connectivity index (χ3n) is 2.57. The Bertz CT molecular complexity index is 689. The van der Waals surface area contributed by atoms with Gasteiger partial charge in [0.05, 0.1) is 11.1 Å². The van der Waals surface area contributed by atoms with Crippen LogP contribution in [-0.2, 0) is 6.18 Å². The number of alkyl halides is 3. The van der Waals surface area contributed by atoms with Crippen molar-refractivity contribution in [3.8, 4) is 0 Å². The van der Waals surface area contributed by atoms with Gasteiger partial charge in [0.1, 0.15) is 5.82 Å². The van der Waals surface area contributed by atoms with Crippen molar-refractivity contribution in [1.29, 1.82) is 0 Å². The molecule has 1 heterocycles. The number of nitrogens with one attached hydrogen (secondary N) is 1. The Morgan fingerprint density at radius 3 is 2.62 bits per heavy atom. The molecule has 0 aliphatic carbocycles. The van der Waals surface area contributed by atoms with Crippen LogP contribution in [0.1, 0.15) is 15.9 Å². The summed E-state index contributed by atoms with van der Waals surface area (Å²) in [6.07, 6.45) is -3.34. The van der Waals surface area contributed by atoms with E-state index in [1.54, 1.807) is 0 Å². The fraction of sp³-hybridized carbons (Fsp3) is 0.0769. The summed E-state index contributed by atoms with van der Waals surface area (Å²) in [6.45, 7) is 0. The standard InChI is InChI=1S/C13H8BrF3N2O2/c14-10-4-3-7(6-8(10)12(20)21)19-11-9(13(15,16)17)2-1-5-18-11/h1-6H,(H,18,19)(H,20,21). The van der Waals surface area contributed by atoms with E-state index in [1.807, 2.05) is 0 Å². The molecule has 0 aliphatic rings. The molecule has 0 aliphatic heterocycles. The van der Waals surface area contributed by atoms with Gasteiger partial charge >= 0.3 is 12.1 Å². The number of aromatic nitrogens is 1. The highest BCUT2D eigenvalue weighted by Gasteiger charge is 2.34. The lowest BCUT2D eigenvalue weighted by atomic mass is 10.2. The number of hydrogen-bond donors (Lipinski definition) is 2. The monoisotopic (exact) mass is 360 g/mol. The SMILES string of the molecule is O=C(O)c1cc(Nc2ncccc2C(F)(F)F)ccc1Br. The Hall–Kier alpha value is -2.09. The van der Waals surface area contributed by atoms with E-state index >= 15 is 0 Å². The molecule has 0 saturated carbocycles. The van der Waals surface area contributed by atoms with Crippen LogP contribution in [0.25, 0.3) is 0 Å². The van der Waals surface area contributed by atoms with E-state index in [0.29, 0.717) is 4.47 Å². The van der Waals surface area contributed by atoms with Gasteiger partial charge in [-0.2, -0.15) is 13.2 Å². The Morgan fingerprint density at radius 2 is 2.00 bits per heavy atom. The molecule has 0 amide bonds. The quantitative estimate of drug-likeness (QED) is 0.856. The van der Waals surface area contributed by atoms with Crippen LogP contribution in [0.2, 0.25) is 0 Å². The average molecular weight is 361 g/mol. The van der Waals surface area contributed by atoms with Crippen LogP contribution in [0.3, 0.4) is 0 Å². The van der Waals surface area contributed by atoms with Gasteiger partial charge < -0.3 is 10.4 Å². The van der Waals surface area contributed by atoms with Crippen LogP contribution in [0, 0.1) is 0 Å². The maximum Gasteiger partial charge on any atom is 0.419 e. The lowest BCUT2D eigenvalue weighted by Crippen LogP contribution is -2.10. The number of benzene rings is 1. The maximum atomic E-state index is 12.8. The number of nitrogens with zero attached hydrogens (tertiary/aromatic N) is 1. The average Bonchev–Trinajstić information content (AvgIpc) is 2.40. The van der Waals surface area contributed by atoms with Crippen LogP contribution in [-0.4, -0.2) is 16.1 Å². The van der Waals surface area contributed by atoms with Gasteiger partial charge in [-0.3, -0.25) is 0 Å². The van der Waals surface area contributed by atoms with Crippen molar-refractivity contribution in [2.45, 2.75) is 6.18 Å². The number of hydrogen-bond acceptors (Lipinski definition) is 3. The summed E-state index contributed by atoms with van der Waals surface area (Å²) in [5.41, 5.74) is -0.797. The second-order valence-electron chi connectivity index (χ2n) is 4.02. The van der Waals surface area contributed by atoms with Crippen molar-refractivity contribution in [3.05, 3.63) is 52.1 Å². The molecule has 0 unspecified atom stereocenters. The molecule has 1 aromatic heterocycles. The Morgan fingerprint density at radius 1 is 1.29 bits per heavy atom. The minimum absolute atomic E-state index is 0.0653. The molecule has 110 valence electrons. The number of aromatic carboxylic acids is 1. The van der Waals surface area contributed by atoms with E-state index in [2.05, 4.69) is 26.2 Å². The predicted octanol–water partition coefficient (Wildman–Crippen LogP) is 4.30. The summed E-state index contributed by atoms with van der Waals surface area (Å²) in [5.74, 6) is -1.58. The van der Waals surface area contributed by atoms with Gasteiger partial charge in [0, 0.05) is 16.4 Å². The van der Waals surface area contributed by atoms with Crippen molar-refractivity contribution in [2.75, 3.05) is 5.32 Å². The third kappa shape index (κ3) is 3.52. The van der Waals surface area contributed by atoms with Gasteiger partial charge in [-0.05, 0) is 46.3 Å². The first-order valence-corrected chi connectivity index (χ1v) is 6.40. The molecule has 21 heavy (non-hydrogen) atoms. The largest absolute Gasteiger partial charge is 0.478 e. The highest BCUT2D eigenvalue weighted by Crippen LogP contribution is 2.35. The number of carboxylic acid groups (broad SMARTS) is 1. The molecule has 0 radical (unpaired) electrons. The fourth-order valence-corrected chi connectivity index (χ4v) is 2.05. The molecule has 0 saturated heterocycles. The Labute approximate surface area is 125 Å². The molecule has 2 rings (SSSR count). The second kappa shape index (κ2) is 5.72. The first-order valence-electron chi connectivity index (χ1n) is 5.61. The van der Waals surface area contributed by atoms with E-state index < -0.39 is 17.7 Å². The van der Waals surface area contributed by atoms with Crippen LogP contribution < -0.4 is 5.32 Å².